The van der Waals surface area contributed by atoms with Crippen molar-refractivity contribution in [2.45, 2.75) is 4.90 Å². The second kappa shape index (κ2) is 7.37. The van der Waals surface area contributed by atoms with E-state index in [2.05, 4.69) is 0 Å². The van der Waals surface area contributed by atoms with Gasteiger partial charge in [0.2, 0.25) is 0 Å². The van der Waals surface area contributed by atoms with Crippen LogP contribution in [0, 0.1) is 10.1 Å². The Morgan fingerprint density at radius 2 is 1.67 bits per heavy atom. The molecule has 0 aliphatic rings. The van der Waals surface area contributed by atoms with E-state index in [1.807, 2.05) is 0 Å². The number of hydrogen-bond acceptors (Lipinski definition) is 4. The normalized spacial score (nSPS) is 12.1. The van der Waals surface area contributed by atoms with Crippen LogP contribution in [0.3, 0.4) is 0 Å². The summed E-state index contributed by atoms with van der Waals surface area (Å²) < 4.78 is 35.3. The molecule has 0 aliphatic carbocycles. The highest BCUT2D eigenvalue weighted by Gasteiger charge is 2.14. The van der Waals surface area contributed by atoms with Crippen molar-refractivity contribution in [2.75, 3.05) is 0 Å². The van der Waals surface area contributed by atoms with E-state index in [0.29, 0.717) is 5.56 Å². The zero-order valence-corrected chi connectivity index (χ0v) is 13.7. The molecule has 2 aromatic carbocycles. The van der Waals surface area contributed by atoms with Crippen molar-refractivity contribution in [2.24, 2.45) is 0 Å². The number of benzene rings is 2. The fourth-order valence-corrected chi connectivity index (χ4v) is 2.82. The number of hydrogen-bond donors (Lipinski definition) is 0. The first-order valence-electron chi connectivity index (χ1n) is 6.61. The van der Waals surface area contributed by atoms with Crippen LogP contribution in [-0.2, 0) is 10.2 Å². The van der Waals surface area contributed by atoms with Gasteiger partial charge in [-0.05, 0) is 23.3 Å². The molecule has 0 bridgehead atoms. The quantitative estimate of drug-likeness (QED) is 0.334. The standard InChI is InChI=1S/C16H11ClFNO4S/c17-15-11-14(19(20)21)10-9-12(15)5-1-2-6-13-7-3-4-8-16(13)24(18,22)23/h1-11H. The van der Waals surface area contributed by atoms with Gasteiger partial charge in [-0.2, -0.15) is 8.42 Å². The van der Waals surface area contributed by atoms with Crippen molar-refractivity contribution in [3.05, 3.63) is 80.9 Å². The van der Waals surface area contributed by atoms with E-state index in [4.69, 9.17) is 11.6 Å². The molecule has 0 saturated heterocycles. The van der Waals surface area contributed by atoms with E-state index in [-0.39, 0.29) is 16.3 Å². The average Bonchev–Trinajstić information content (AvgIpc) is 2.52. The lowest BCUT2D eigenvalue weighted by atomic mass is 10.1. The Morgan fingerprint density at radius 3 is 2.25 bits per heavy atom. The third-order valence-electron chi connectivity index (χ3n) is 3.04. The zero-order valence-electron chi connectivity index (χ0n) is 12.1. The highest BCUT2D eigenvalue weighted by molar-refractivity contribution is 7.86. The van der Waals surface area contributed by atoms with E-state index in [1.54, 1.807) is 18.2 Å². The second-order valence-corrected chi connectivity index (χ2v) is 6.38. The first-order chi connectivity index (χ1) is 11.3. The molecule has 0 heterocycles. The van der Waals surface area contributed by atoms with Crippen LogP contribution in [0.15, 0.2) is 59.5 Å². The van der Waals surface area contributed by atoms with Crippen LogP contribution >= 0.6 is 11.6 Å². The topological polar surface area (TPSA) is 77.3 Å². The number of rotatable bonds is 5. The lowest BCUT2D eigenvalue weighted by Gasteiger charge is -2.00. The molecule has 5 nitrogen and oxygen atoms in total. The van der Waals surface area contributed by atoms with Gasteiger partial charge >= 0.3 is 10.2 Å². The van der Waals surface area contributed by atoms with Gasteiger partial charge in [0.15, 0.2) is 0 Å². The molecular weight excluding hydrogens is 357 g/mol. The number of nitro benzene ring substituents is 1. The molecule has 2 rings (SSSR count). The molecule has 124 valence electrons. The van der Waals surface area contributed by atoms with Crippen molar-refractivity contribution in [3.63, 3.8) is 0 Å². The minimum absolute atomic E-state index is 0.116. The van der Waals surface area contributed by atoms with Gasteiger partial charge in [0, 0.05) is 12.1 Å². The first-order valence-corrected chi connectivity index (χ1v) is 8.37. The molecule has 0 atom stereocenters. The van der Waals surface area contributed by atoms with Crippen molar-refractivity contribution in [3.8, 4) is 0 Å². The maximum absolute atomic E-state index is 13.2. The SMILES string of the molecule is O=[N+]([O-])c1ccc(C=CC=Cc2ccccc2S(=O)(=O)F)c(Cl)c1. The van der Waals surface area contributed by atoms with E-state index in [0.717, 1.165) is 0 Å². The maximum Gasteiger partial charge on any atom is 0.332 e. The molecule has 0 amide bonds. The van der Waals surface area contributed by atoms with Crippen molar-refractivity contribution in [1.82, 2.24) is 0 Å². The summed E-state index contributed by atoms with van der Waals surface area (Å²) in [6.07, 6.45) is 6.10. The second-order valence-electron chi connectivity index (χ2n) is 4.66. The van der Waals surface area contributed by atoms with Crippen molar-refractivity contribution in [1.29, 1.82) is 0 Å². The largest absolute Gasteiger partial charge is 0.332 e. The summed E-state index contributed by atoms with van der Waals surface area (Å²) in [5.74, 6) is 0. The molecular formula is C16H11ClFNO4S. The summed E-state index contributed by atoms with van der Waals surface area (Å²) in [6, 6.07) is 9.70. The fraction of sp³-hybridized carbons (Fsp3) is 0. The number of allylic oxidation sites excluding steroid dienone is 2. The van der Waals surface area contributed by atoms with Gasteiger partial charge < -0.3 is 0 Å². The molecule has 24 heavy (non-hydrogen) atoms. The summed E-state index contributed by atoms with van der Waals surface area (Å²) in [6.45, 7) is 0. The highest BCUT2D eigenvalue weighted by Crippen LogP contribution is 2.24. The minimum Gasteiger partial charge on any atom is -0.258 e. The third-order valence-corrected chi connectivity index (χ3v) is 4.26. The third kappa shape index (κ3) is 4.50. The molecule has 0 saturated carbocycles. The number of halogens is 2. The van der Waals surface area contributed by atoms with Crippen LogP contribution in [0.4, 0.5) is 9.57 Å². The monoisotopic (exact) mass is 367 g/mol. The fourth-order valence-electron chi connectivity index (χ4n) is 1.92. The van der Waals surface area contributed by atoms with Crippen LogP contribution in [0.5, 0.6) is 0 Å². The molecule has 0 aliphatic heterocycles. The van der Waals surface area contributed by atoms with E-state index in [1.165, 1.54) is 48.6 Å². The Morgan fingerprint density at radius 1 is 1.04 bits per heavy atom. The molecule has 0 aromatic heterocycles. The van der Waals surface area contributed by atoms with Gasteiger partial charge in [-0.1, -0.05) is 54.1 Å². The van der Waals surface area contributed by atoms with Crippen LogP contribution < -0.4 is 0 Å². The van der Waals surface area contributed by atoms with Crippen LogP contribution in [0.25, 0.3) is 12.2 Å². The predicted molar refractivity (Wildman–Crippen MR) is 90.9 cm³/mol. The Kier molecular flexibility index (Phi) is 5.48. The number of non-ortho nitro benzene ring substituents is 1. The van der Waals surface area contributed by atoms with Crippen molar-refractivity contribution < 1.29 is 17.2 Å². The van der Waals surface area contributed by atoms with Gasteiger partial charge in [0.25, 0.3) is 5.69 Å². The predicted octanol–water partition coefficient (Wildman–Crippen LogP) is 4.63. The molecule has 0 spiro atoms. The molecule has 8 heteroatoms. The number of nitro groups is 1. The summed E-state index contributed by atoms with van der Waals surface area (Å²) in [5, 5.41) is 10.8. The Bertz CT molecular complexity index is 939. The Labute approximate surface area is 143 Å². The summed E-state index contributed by atoms with van der Waals surface area (Å²) in [5.41, 5.74) is 0.646. The minimum atomic E-state index is -4.80. The molecule has 0 unspecified atom stereocenters. The Hall–Kier alpha value is -2.51. The van der Waals surface area contributed by atoms with Crippen LogP contribution in [0.2, 0.25) is 5.02 Å². The molecule has 0 radical (unpaired) electrons. The average molecular weight is 368 g/mol. The summed E-state index contributed by atoms with van der Waals surface area (Å²) in [7, 11) is -4.80. The lowest BCUT2D eigenvalue weighted by Crippen LogP contribution is -1.94. The zero-order chi connectivity index (χ0) is 17.7. The summed E-state index contributed by atoms with van der Waals surface area (Å²) in [4.78, 5) is 9.67. The molecule has 0 N–H and O–H groups in total. The van der Waals surface area contributed by atoms with Crippen molar-refractivity contribution >= 4 is 39.7 Å². The van der Waals surface area contributed by atoms with Gasteiger partial charge in [-0.15, -0.1) is 3.89 Å². The maximum atomic E-state index is 13.2. The molecule has 2 aromatic rings. The summed E-state index contributed by atoms with van der Waals surface area (Å²) >= 11 is 5.95. The van der Waals surface area contributed by atoms with E-state index >= 15 is 0 Å². The van der Waals surface area contributed by atoms with Gasteiger partial charge in [0.05, 0.1) is 9.95 Å². The lowest BCUT2D eigenvalue weighted by molar-refractivity contribution is -0.384. The Balaban J connectivity index is 2.21. The first kappa shape index (κ1) is 17.8. The van der Waals surface area contributed by atoms with Gasteiger partial charge in [0.1, 0.15) is 4.90 Å². The number of nitrogens with zero attached hydrogens (tertiary/aromatic N) is 1. The van der Waals surface area contributed by atoms with E-state index < -0.39 is 20.0 Å². The molecule has 0 fully saturated rings. The van der Waals surface area contributed by atoms with E-state index in [9.17, 15) is 22.4 Å². The highest BCUT2D eigenvalue weighted by atomic mass is 35.5. The van der Waals surface area contributed by atoms with Crippen LogP contribution in [-0.4, -0.2) is 13.3 Å². The van der Waals surface area contributed by atoms with Crippen LogP contribution in [0.1, 0.15) is 11.1 Å². The van der Waals surface area contributed by atoms with Gasteiger partial charge in [-0.25, -0.2) is 0 Å². The van der Waals surface area contributed by atoms with Gasteiger partial charge in [-0.3, -0.25) is 10.1 Å². The smallest absolute Gasteiger partial charge is 0.258 e.